The number of halogens is 3. The second-order valence-electron chi connectivity index (χ2n) is 5.06. The van der Waals surface area contributed by atoms with E-state index in [1.54, 1.807) is 6.20 Å². The predicted octanol–water partition coefficient (Wildman–Crippen LogP) is 2.70. The van der Waals surface area contributed by atoms with Crippen molar-refractivity contribution in [3.63, 3.8) is 0 Å². The zero-order valence-electron chi connectivity index (χ0n) is 12.2. The van der Waals surface area contributed by atoms with E-state index < -0.39 is 6.36 Å². The van der Waals surface area contributed by atoms with Crippen LogP contribution in [0.3, 0.4) is 0 Å². The average Bonchev–Trinajstić information content (AvgIpc) is 2.55. The Morgan fingerprint density at radius 3 is 2.00 bits per heavy atom. The summed E-state index contributed by atoms with van der Waals surface area (Å²) < 4.78 is 40.2. The Morgan fingerprint density at radius 1 is 0.870 bits per heavy atom. The van der Waals surface area contributed by atoms with Crippen LogP contribution in [-0.4, -0.2) is 42.5 Å². The third-order valence-electron chi connectivity index (χ3n) is 3.53. The molecule has 5 nitrogen and oxygen atoms in total. The maximum Gasteiger partial charge on any atom is 0.573 e. The maximum atomic E-state index is 12.1. The molecule has 0 spiro atoms. The summed E-state index contributed by atoms with van der Waals surface area (Å²) in [6, 6.07) is 8.58. The number of anilines is 2. The fourth-order valence-corrected chi connectivity index (χ4v) is 2.46. The van der Waals surface area contributed by atoms with Crippen molar-refractivity contribution in [3.05, 3.63) is 42.7 Å². The van der Waals surface area contributed by atoms with Gasteiger partial charge in [0.25, 0.3) is 0 Å². The first-order valence-corrected chi connectivity index (χ1v) is 7.14. The predicted molar refractivity (Wildman–Crippen MR) is 79.6 cm³/mol. The van der Waals surface area contributed by atoms with Crippen LogP contribution < -0.4 is 14.5 Å². The highest BCUT2D eigenvalue weighted by molar-refractivity contribution is 5.45. The van der Waals surface area contributed by atoms with Crippen LogP contribution in [-0.2, 0) is 0 Å². The molecule has 3 heterocycles. The molecule has 0 unspecified atom stereocenters. The van der Waals surface area contributed by atoms with Gasteiger partial charge in [-0.15, -0.1) is 13.2 Å². The highest BCUT2D eigenvalue weighted by atomic mass is 19.4. The summed E-state index contributed by atoms with van der Waals surface area (Å²) in [4.78, 5) is 12.6. The van der Waals surface area contributed by atoms with Gasteiger partial charge < -0.3 is 14.5 Å². The Labute approximate surface area is 131 Å². The molecule has 0 saturated carbocycles. The third kappa shape index (κ3) is 4.02. The van der Waals surface area contributed by atoms with Crippen LogP contribution >= 0.6 is 0 Å². The average molecular weight is 324 g/mol. The fraction of sp³-hybridized carbons (Fsp3) is 0.333. The van der Waals surface area contributed by atoms with Gasteiger partial charge in [-0.2, -0.15) is 0 Å². The molecule has 2 aromatic heterocycles. The Hall–Kier alpha value is -2.51. The van der Waals surface area contributed by atoms with Crippen molar-refractivity contribution in [3.8, 4) is 5.75 Å². The van der Waals surface area contributed by atoms with E-state index in [4.69, 9.17) is 0 Å². The number of pyridine rings is 2. The number of alkyl halides is 3. The van der Waals surface area contributed by atoms with Crippen LogP contribution in [0.4, 0.5) is 24.8 Å². The minimum absolute atomic E-state index is 0.312. The summed E-state index contributed by atoms with van der Waals surface area (Å²) in [6.07, 6.45) is -1.85. The van der Waals surface area contributed by atoms with Gasteiger partial charge in [-0.1, -0.05) is 6.07 Å². The molecule has 2 aromatic rings. The summed E-state index contributed by atoms with van der Waals surface area (Å²) in [5, 5.41) is 0. The van der Waals surface area contributed by atoms with Crippen molar-refractivity contribution in [2.45, 2.75) is 6.36 Å². The molecule has 1 aliphatic rings. The number of hydrogen-bond donors (Lipinski definition) is 0. The van der Waals surface area contributed by atoms with Gasteiger partial charge in [0.2, 0.25) is 0 Å². The number of piperazine rings is 1. The summed E-state index contributed by atoms with van der Waals surface area (Å²) >= 11 is 0. The van der Waals surface area contributed by atoms with Crippen molar-refractivity contribution in [1.29, 1.82) is 0 Å². The van der Waals surface area contributed by atoms with Gasteiger partial charge in [-0.05, 0) is 24.3 Å². The van der Waals surface area contributed by atoms with E-state index in [-0.39, 0.29) is 5.75 Å². The van der Waals surface area contributed by atoms with Gasteiger partial charge >= 0.3 is 6.36 Å². The highest BCUT2D eigenvalue weighted by Crippen LogP contribution is 2.24. The Morgan fingerprint density at radius 2 is 1.52 bits per heavy atom. The van der Waals surface area contributed by atoms with Gasteiger partial charge in [0.05, 0.1) is 6.20 Å². The van der Waals surface area contributed by atoms with Gasteiger partial charge in [0.15, 0.2) is 0 Å². The quantitative estimate of drug-likeness (QED) is 0.868. The molecule has 0 bridgehead atoms. The number of rotatable bonds is 3. The molecule has 8 heteroatoms. The Bertz CT molecular complexity index is 625. The normalized spacial score (nSPS) is 15.6. The number of aromatic nitrogens is 2. The lowest BCUT2D eigenvalue weighted by Crippen LogP contribution is -2.47. The summed E-state index contributed by atoms with van der Waals surface area (Å²) in [6.45, 7) is 3.01. The van der Waals surface area contributed by atoms with Crippen LogP contribution in [0.25, 0.3) is 0 Å². The SMILES string of the molecule is FC(F)(F)Oc1ccc(N2CCN(c3ccccn3)CC2)nc1. The van der Waals surface area contributed by atoms with Crippen molar-refractivity contribution in [2.75, 3.05) is 36.0 Å². The Balaban J connectivity index is 1.59. The number of ether oxygens (including phenoxy) is 1. The van der Waals surface area contributed by atoms with E-state index in [0.29, 0.717) is 5.82 Å². The molecule has 0 aromatic carbocycles. The van der Waals surface area contributed by atoms with Gasteiger partial charge in [0, 0.05) is 32.4 Å². The Kier molecular flexibility index (Phi) is 4.22. The van der Waals surface area contributed by atoms with Crippen molar-refractivity contribution in [2.24, 2.45) is 0 Å². The summed E-state index contributed by atoms with van der Waals surface area (Å²) in [5.41, 5.74) is 0. The zero-order chi connectivity index (χ0) is 16.3. The number of nitrogens with zero attached hydrogens (tertiary/aromatic N) is 4. The molecular weight excluding hydrogens is 309 g/mol. The third-order valence-corrected chi connectivity index (χ3v) is 3.53. The topological polar surface area (TPSA) is 41.5 Å². The minimum Gasteiger partial charge on any atom is -0.404 e. The lowest BCUT2D eigenvalue weighted by atomic mass is 10.3. The smallest absolute Gasteiger partial charge is 0.404 e. The largest absolute Gasteiger partial charge is 0.573 e. The first-order chi connectivity index (χ1) is 11.0. The van der Waals surface area contributed by atoms with E-state index in [2.05, 4.69) is 19.6 Å². The second kappa shape index (κ2) is 6.31. The molecule has 0 radical (unpaired) electrons. The van der Waals surface area contributed by atoms with Gasteiger partial charge in [-0.3, -0.25) is 0 Å². The second-order valence-corrected chi connectivity index (χ2v) is 5.06. The van der Waals surface area contributed by atoms with E-state index >= 15 is 0 Å². The fourth-order valence-electron chi connectivity index (χ4n) is 2.46. The zero-order valence-corrected chi connectivity index (χ0v) is 12.2. The molecule has 0 atom stereocenters. The van der Waals surface area contributed by atoms with Crippen molar-refractivity contribution >= 4 is 11.6 Å². The molecule has 122 valence electrons. The summed E-state index contributed by atoms with van der Waals surface area (Å²) in [7, 11) is 0. The monoisotopic (exact) mass is 324 g/mol. The molecule has 0 N–H and O–H groups in total. The number of hydrogen-bond acceptors (Lipinski definition) is 5. The molecule has 0 aliphatic carbocycles. The van der Waals surface area contributed by atoms with E-state index in [9.17, 15) is 13.2 Å². The van der Waals surface area contributed by atoms with E-state index in [0.717, 1.165) is 38.2 Å². The van der Waals surface area contributed by atoms with Crippen LogP contribution in [0.5, 0.6) is 5.75 Å². The molecule has 1 fully saturated rings. The first kappa shape index (κ1) is 15.4. The lowest BCUT2D eigenvalue weighted by Gasteiger charge is -2.36. The lowest BCUT2D eigenvalue weighted by molar-refractivity contribution is -0.274. The van der Waals surface area contributed by atoms with Gasteiger partial charge in [-0.25, -0.2) is 9.97 Å². The van der Waals surface area contributed by atoms with Crippen LogP contribution in [0.1, 0.15) is 0 Å². The van der Waals surface area contributed by atoms with Crippen molar-refractivity contribution < 1.29 is 17.9 Å². The summed E-state index contributed by atoms with van der Waals surface area (Å²) in [5.74, 6) is 1.25. The molecule has 1 saturated heterocycles. The standard InChI is InChI=1S/C15H15F3N4O/c16-15(17,18)23-12-4-5-14(20-11-12)22-9-7-21(8-10-22)13-3-1-2-6-19-13/h1-6,11H,7-10H2. The minimum atomic E-state index is -4.70. The van der Waals surface area contributed by atoms with E-state index in [1.807, 2.05) is 23.1 Å². The highest BCUT2D eigenvalue weighted by Gasteiger charge is 2.31. The van der Waals surface area contributed by atoms with Crippen molar-refractivity contribution in [1.82, 2.24) is 9.97 Å². The molecule has 0 amide bonds. The van der Waals surface area contributed by atoms with E-state index in [1.165, 1.54) is 12.1 Å². The van der Waals surface area contributed by atoms with Gasteiger partial charge in [0.1, 0.15) is 17.4 Å². The maximum absolute atomic E-state index is 12.1. The molecular formula is C15H15F3N4O. The molecule has 1 aliphatic heterocycles. The molecule has 3 rings (SSSR count). The van der Waals surface area contributed by atoms with Crippen LogP contribution in [0, 0.1) is 0 Å². The molecule has 23 heavy (non-hydrogen) atoms. The van der Waals surface area contributed by atoms with Crippen LogP contribution in [0.2, 0.25) is 0 Å². The van der Waals surface area contributed by atoms with Crippen LogP contribution in [0.15, 0.2) is 42.7 Å². The first-order valence-electron chi connectivity index (χ1n) is 7.14.